The van der Waals surface area contributed by atoms with Crippen LogP contribution in [0.1, 0.15) is 10.4 Å². The number of benzene rings is 2. The first-order valence-electron chi connectivity index (χ1n) is 5.51. The quantitative estimate of drug-likeness (QED) is 0.721. The minimum atomic E-state index is -0.920. The summed E-state index contributed by atoms with van der Waals surface area (Å²) in [4.78, 5) is 11.0. The molecule has 1 aromatic heterocycles. The van der Waals surface area contributed by atoms with E-state index in [1.54, 1.807) is 24.4 Å². The molecule has 2 aromatic carbocycles. The van der Waals surface area contributed by atoms with Gasteiger partial charge in [-0.1, -0.05) is 24.3 Å². The first kappa shape index (κ1) is 10.5. The van der Waals surface area contributed by atoms with Crippen LogP contribution in [-0.2, 0) is 0 Å². The number of carbonyl (C=O) groups is 1. The number of hydrogen-bond acceptors (Lipinski definition) is 2. The Bertz CT molecular complexity index is 731. The number of carboxylic acid groups (broad SMARTS) is 1. The Kier molecular flexibility index (Phi) is 2.34. The number of aromatic nitrogens is 2. The van der Waals surface area contributed by atoms with E-state index < -0.39 is 5.97 Å². The van der Waals surface area contributed by atoms with Crippen molar-refractivity contribution in [1.29, 1.82) is 0 Å². The molecule has 0 aliphatic carbocycles. The molecule has 2 N–H and O–H groups in total. The van der Waals surface area contributed by atoms with Crippen LogP contribution >= 0.6 is 0 Å². The lowest BCUT2D eigenvalue weighted by Gasteiger charge is -2.04. The highest BCUT2D eigenvalue weighted by Gasteiger charge is 2.08. The number of aromatic amines is 1. The van der Waals surface area contributed by atoms with E-state index in [4.69, 9.17) is 5.11 Å². The lowest BCUT2D eigenvalue weighted by Crippen LogP contribution is -1.95. The van der Waals surface area contributed by atoms with Gasteiger partial charge < -0.3 is 5.11 Å². The van der Waals surface area contributed by atoms with E-state index in [1.807, 2.05) is 24.3 Å². The number of nitrogens with zero attached hydrogens (tertiary/aromatic N) is 1. The van der Waals surface area contributed by atoms with E-state index in [2.05, 4.69) is 10.2 Å². The summed E-state index contributed by atoms with van der Waals surface area (Å²) < 4.78 is 0. The zero-order valence-electron chi connectivity index (χ0n) is 9.42. The second-order valence-electron chi connectivity index (χ2n) is 4.02. The highest BCUT2D eigenvalue weighted by atomic mass is 16.4. The predicted molar refractivity (Wildman–Crippen MR) is 68.5 cm³/mol. The molecule has 0 bridgehead atoms. The highest BCUT2D eigenvalue weighted by Crippen LogP contribution is 2.27. The standard InChI is InChI=1S/C14H10N2O2/c17-14(18)10-4-1-3-9(7-10)11-5-2-6-13-12(11)8-15-16-13/h1-8H,(H,15,16)(H,17,18). The van der Waals surface area contributed by atoms with Crippen LogP contribution < -0.4 is 0 Å². The Labute approximate surface area is 103 Å². The summed E-state index contributed by atoms with van der Waals surface area (Å²) in [6.07, 6.45) is 1.75. The van der Waals surface area contributed by atoms with Crippen molar-refractivity contribution < 1.29 is 9.90 Å². The molecule has 0 atom stereocenters. The van der Waals surface area contributed by atoms with Crippen LogP contribution in [0.25, 0.3) is 22.0 Å². The molecular formula is C14H10N2O2. The normalized spacial score (nSPS) is 10.7. The fourth-order valence-electron chi connectivity index (χ4n) is 2.04. The molecular weight excluding hydrogens is 228 g/mol. The van der Waals surface area contributed by atoms with Crippen LogP contribution in [0.4, 0.5) is 0 Å². The first-order chi connectivity index (χ1) is 8.75. The molecule has 4 nitrogen and oxygen atoms in total. The fraction of sp³-hybridized carbons (Fsp3) is 0. The van der Waals surface area contributed by atoms with Crippen molar-refractivity contribution >= 4 is 16.9 Å². The molecule has 0 spiro atoms. The van der Waals surface area contributed by atoms with Gasteiger partial charge in [-0.15, -0.1) is 0 Å². The molecule has 1 heterocycles. The minimum Gasteiger partial charge on any atom is -0.478 e. The number of hydrogen-bond donors (Lipinski definition) is 2. The van der Waals surface area contributed by atoms with Gasteiger partial charge in [-0.05, 0) is 29.3 Å². The monoisotopic (exact) mass is 238 g/mol. The molecule has 0 amide bonds. The number of carboxylic acids is 1. The second-order valence-corrected chi connectivity index (χ2v) is 4.02. The Balaban J connectivity index is 2.23. The van der Waals surface area contributed by atoms with Gasteiger partial charge in [0.05, 0.1) is 17.3 Å². The summed E-state index contributed by atoms with van der Waals surface area (Å²) >= 11 is 0. The van der Waals surface area contributed by atoms with Crippen LogP contribution in [0.15, 0.2) is 48.7 Å². The number of fused-ring (bicyclic) bond motifs is 1. The van der Waals surface area contributed by atoms with Crippen LogP contribution in [-0.4, -0.2) is 21.3 Å². The van der Waals surface area contributed by atoms with Crippen molar-refractivity contribution in [3.8, 4) is 11.1 Å². The largest absolute Gasteiger partial charge is 0.478 e. The van der Waals surface area contributed by atoms with Gasteiger partial charge in [0.1, 0.15) is 0 Å². The van der Waals surface area contributed by atoms with Gasteiger partial charge in [-0.3, -0.25) is 5.10 Å². The summed E-state index contributed by atoms with van der Waals surface area (Å²) in [5, 5.41) is 16.9. The van der Waals surface area contributed by atoms with E-state index >= 15 is 0 Å². The van der Waals surface area contributed by atoms with Gasteiger partial charge >= 0.3 is 5.97 Å². The molecule has 3 aromatic rings. The molecule has 4 heteroatoms. The molecule has 18 heavy (non-hydrogen) atoms. The number of aromatic carboxylic acids is 1. The maximum Gasteiger partial charge on any atom is 0.335 e. The third kappa shape index (κ3) is 1.64. The first-order valence-corrected chi connectivity index (χ1v) is 5.51. The van der Waals surface area contributed by atoms with E-state index in [-0.39, 0.29) is 5.56 Å². The van der Waals surface area contributed by atoms with Crippen LogP contribution in [0.3, 0.4) is 0 Å². The van der Waals surface area contributed by atoms with Crippen LogP contribution in [0.2, 0.25) is 0 Å². The average molecular weight is 238 g/mol. The zero-order valence-corrected chi connectivity index (χ0v) is 9.42. The molecule has 0 unspecified atom stereocenters. The van der Waals surface area contributed by atoms with Crippen molar-refractivity contribution in [1.82, 2.24) is 10.2 Å². The molecule has 0 saturated carbocycles. The topological polar surface area (TPSA) is 66.0 Å². The van der Waals surface area contributed by atoms with Gasteiger partial charge in [0.15, 0.2) is 0 Å². The van der Waals surface area contributed by atoms with E-state index in [1.165, 1.54) is 0 Å². The smallest absolute Gasteiger partial charge is 0.335 e. The van der Waals surface area contributed by atoms with Gasteiger partial charge in [0.2, 0.25) is 0 Å². The molecule has 3 rings (SSSR count). The fourth-order valence-corrected chi connectivity index (χ4v) is 2.04. The average Bonchev–Trinajstić information content (AvgIpc) is 2.87. The summed E-state index contributed by atoms with van der Waals surface area (Å²) in [5.74, 6) is -0.920. The summed E-state index contributed by atoms with van der Waals surface area (Å²) in [5.41, 5.74) is 3.08. The summed E-state index contributed by atoms with van der Waals surface area (Å²) in [6, 6.07) is 12.7. The van der Waals surface area contributed by atoms with Crippen molar-refractivity contribution in [2.24, 2.45) is 0 Å². The Hall–Kier alpha value is -2.62. The Morgan fingerprint density at radius 3 is 2.83 bits per heavy atom. The zero-order chi connectivity index (χ0) is 12.5. The highest BCUT2D eigenvalue weighted by molar-refractivity contribution is 5.96. The SMILES string of the molecule is O=C(O)c1cccc(-c2cccc3[nH]ncc23)c1. The number of nitrogens with one attached hydrogen (secondary N) is 1. The van der Waals surface area contributed by atoms with E-state index in [0.29, 0.717) is 0 Å². The van der Waals surface area contributed by atoms with Crippen molar-refractivity contribution in [3.05, 3.63) is 54.2 Å². The molecule has 0 fully saturated rings. The number of H-pyrrole nitrogens is 1. The van der Waals surface area contributed by atoms with Crippen molar-refractivity contribution in [2.75, 3.05) is 0 Å². The maximum atomic E-state index is 11.0. The molecule has 0 aliphatic rings. The molecule has 0 radical (unpaired) electrons. The Morgan fingerprint density at radius 2 is 2.00 bits per heavy atom. The van der Waals surface area contributed by atoms with E-state index in [0.717, 1.165) is 22.0 Å². The number of rotatable bonds is 2. The van der Waals surface area contributed by atoms with Crippen molar-refractivity contribution in [3.63, 3.8) is 0 Å². The minimum absolute atomic E-state index is 0.285. The maximum absolute atomic E-state index is 11.0. The molecule has 88 valence electrons. The lowest BCUT2D eigenvalue weighted by atomic mass is 10.0. The third-order valence-electron chi connectivity index (χ3n) is 2.91. The summed E-state index contributed by atoms with van der Waals surface area (Å²) in [6.45, 7) is 0. The summed E-state index contributed by atoms with van der Waals surface area (Å²) in [7, 11) is 0. The second kappa shape index (κ2) is 4.00. The van der Waals surface area contributed by atoms with E-state index in [9.17, 15) is 4.79 Å². The lowest BCUT2D eigenvalue weighted by molar-refractivity contribution is 0.0697. The van der Waals surface area contributed by atoms with Crippen LogP contribution in [0.5, 0.6) is 0 Å². The third-order valence-corrected chi connectivity index (χ3v) is 2.91. The van der Waals surface area contributed by atoms with Gasteiger partial charge in [0, 0.05) is 5.39 Å². The molecule has 0 saturated heterocycles. The predicted octanol–water partition coefficient (Wildman–Crippen LogP) is 2.93. The van der Waals surface area contributed by atoms with Crippen LogP contribution in [0, 0.1) is 0 Å². The van der Waals surface area contributed by atoms with Gasteiger partial charge in [0.25, 0.3) is 0 Å². The Morgan fingerprint density at radius 1 is 1.17 bits per heavy atom. The molecule has 0 aliphatic heterocycles. The van der Waals surface area contributed by atoms with Gasteiger partial charge in [-0.25, -0.2) is 4.79 Å². The van der Waals surface area contributed by atoms with Gasteiger partial charge in [-0.2, -0.15) is 5.10 Å². The van der Waals surface area contributed by atoms with Crippen molar-refractivity contribution in [2.45, 2.75) is 0 Å².